The van der Waals surface area contributed by atoms with Crippen LogP contribution in [0.3, 0.4) is 0 Å². The van der Waals surface area contributed by atoms with E-state index in [2.05, 4.69) is 0 Å². The number of phenols is 1. The molecule has 0 saturated carbocycles. The van der Waals surface area contributed by atoms with E-state index in [-0.39, 0.29) is 11.4 Å². The number of nitrogens with zero attached hydrogens (tertiary/aromatic N) is 3. The van der Waals surface area contributed by atoms with Crippen molar-refractivity contribution in [1.29, 1.82) is 0 Å². The number of fused-ring (bicyclic) bond motifs is 5. The van der Waals surface area contributed by atoms with Crippen LogP contribution in [0.4, 0.5) is 0 Å². The van der Waals surface area contributed by atoms with Gasteiger partial charge in [-0.2, -0.15) is 0 Å². The van der Waals surface area contributed by atoms with Crippen molar-refractivity contribution < 1.29 is 9.84 Å². The Morgan fingerprint density at radius 2 is 1.79 bits per heavy atom. The fourth-order valence-corrected chi connectivity index (χ4v) is 4.30. The number of benzene rings is 2. The van der Waals surface area contributed by atoms with Crippen LogP contribution in [0.5, 0.6) is 11.5 Å². The van der Waals surface area contributed by atoms with Gasteiger partial charge in [-0.05, 0) is 50.6 Å². The predicted molar refractivity (Wildman–Crippen MR) is 108 cm³/mol. The summed E-state index contributed by atoms with van der Waals surface area (Å²) in [6.45, 7) is 6.10. The van der Waals surface area contributed by atoms with Gasteiger partial charge >= 0.3 is 11.4 Å². The molecule has 148 valence electrons. The Morgan fingerprint density at radius 3 is 2.52 bits per heavy atom. The summed E-state index contributed by atoms with van der Waals surface area (Å²) in [4.78, 5) is 26.6. The lowest BCUT2D eigenvalue weighted by Crippen LogP contribution is -2.46. The van der Waals surface area contributed by atoms with Crippen LogP contribution in [0.25, 0.3) is 5.69 Å². The van der Waals surface area contributed by atoms with Gasteiger partial charge in [0.05, 0.1) is 12.2 Å². The molecular weight excluding hydrogens is 370 g/mol. The molecule has 3 aromatic rings. The molecule has 5 rings (SSSR count). The van der Waals surface area contributed by atoms with Gasteiger partial charge in [-0.15, -0.1) is 0 Å². The summed E-state index contributed by atoms with van der Waals surface area (Å²) in [7, 11) is 0. The smallest absolute Gasteiger partial charge is 0.352 e. The molecule has 2 aromatic carbocycles. The topological polar surface area (TPSA) is 78.4 Å². The van der Waals surface area contributed by atoms with E-state index >= 15 is 0 Å². The lowest BCUT2D eigenvalue weighted by molar-refractivity contribution is 0.113. The highest BCUT2D eigenvalue weighted by atomic mass is 16.5. The Hall–Kier alpha value is -3.48. The van der Waals surface area contributed by atoms with Gasteiger partial charge in [-0.3, -0.25) is 0 Å². The average molecular weight is 391 g/mol. The van der Waals surface area contributed by atoms with Crippen LogP contribution in [-0.2, 0) is 6.54 Å². The predicted octanol–water partition coefficient (Wildman–Crippen LogP) is 2.52. The molecule has 0 fully saturated rings. The number of hydrogen-bond acceptors (Lipinski definition) is 4. The molecule has 0 amide bonds. The fraction of sp³-hybridized carbons (Fsp3) is 0.273. The first-order valence-corrected chi connectivity index (χ1v) is 9.52. The minimum Gasteiger partial charge on any atom is -0.508 e. The zero-order valence-electron chi connectivity index (χ0n) is 16.4. The van der Waals surface area contributed by atoms with Gasteiger partial charge in [-0.25, -0.2) is 23.5 Å². The molecule has 7 heteroatoms. The maximum atomic E-state index is 13.5. The third-order valence-electron chi connectivity index (χ3n) is 5.73. The maximum absolute atomic E-state index is 13.5. The van der Waals surface area contributed by atoms with Gasteiger partial charge in [0.2, 0.25) is 0 Å². The Balaban J connectivity index is 1.79. The second-order valence-corrected chi connectivity index (χ2v) is 8.06. The van der Waals surface area contributed by atoms with Gasteiger partial charge in [0.1, 0.15) is 23.1 Å². The van der Waals surface area contributed by atoms with E-state index in [1.54, 1.807) is 30.3 Å². The molecule has 1 aromatic heterocycles. The summed E-state index contributed by atoms with van der Waals surface area (Å²) in [6, 6.07) is 11.7. The summed E-state index contributed by atoms with van der Waals surface area (Å²) < 4.78 is 10.3. The van der Waals surface area contributed by atoms with Gasteiger partial charge in [-0.1, -0.05) is 23.8 Å². The van der Waals surface area contributed by atoms with E-state index in [0.717, 1.165) is 16.7 Å². The fourth-order valence-electron chi connectivity index (χ4n) is 4.30. The van der Waals surface area contributed by atoms with Crippen LogP contribution in [0.2, 0.25) is 0 Å². The number of rotatable bonds is 1. The third-order valence-corrected chi connectivity index (χ3v) is 5.73. The molecule has 0 spiro atoms. The largest absolute Gasteiger partial charge is 0.508 e. The molecule has 7 nitrogen and oxygen atoms in total. The molecule has 0 saturated heterocycles. The number of hydrogen-bond donors (Lipinski definition) is 1. The molecule has 2 aliphatic rings. The van der Waals surface area contributed by atoms with Gasteiger partial charge in [0.15, 0.2) is 0 Å². The van der Waals surface area contributed by atoms with Crippen LogP contribution in [-0.4, -0.2) is 24.6 Å². The normalized spacial score (nSPS) is 18.9. The molecule has 3 heterocycles. The van der Waals surface area contributed by atoms with Crippen molar-refractivity contribution in [3.8, 4) is 17.2 Å². The Kier molecular flexibility index (Phi) is 3.50. The number of aryl methyl sites for hydroxylation is 1. The van der Waals surface area contributed by atoms with Crippen LogP contribution >= 0.6 is 0 Å². The summed E-state index contributed by atoms with van der Waals surface area (Å²) in [5.74, 6) is 0.595. The summed E-state index contributed by atoms with van der Waals surface area (Å²) in [5.41, 5.74) is 1.79. The highest BCUT2D eigenvalue weighted by Gasteiger charge is 2.43. The van der Waals surface area contributed by atoms with Crippen LogP contribution in [0.1, 0.15) is 31.0 Å². The first-order chi connectivity index (χ1) is 13.8. The van der Waals surface area contributed by atoms with Gasteiger partial charge in [0.25, 0.3) is 0 Å². The molecule has 0 unspecified atom stereocenters. The number of aromatic hydroxyl groups is 1. The SMILES string of the molecule is Cc1ccc(-n2c(=O)n3n(c2=O)[C@H]2C(=CC3)C(C)(C)Oc3cc(O)ccc32)cc1. The zero-order chi connectivity index (χ0) is 20.5. The van der Waals surface area contributed by atoms with Crippen molar-refractivity contribution in [1.82, 2.24) is 13.9 Å². The number of aromatic nitrogens is 3. The maximum Gasteiger partial charge on any atom is 0.352 e. The van der Waals surface area contributed by atoms with Crippen LogP contribution in [0, 0.1) is 6.92 Å². The average Bonchev–Trinajstić information content (AvgIpc) is 2.92. The molecule has 1 N–H and O–H groups in total. The highest BCUT2D eigenvalue weighted by molar-refractivity contribution is 5.50. The molecule has 0 radical (unpaired) electrons. The van der Waals surface area contributed by atoms with E-state index in [0.29, 0.717) is 18.0 Å². The number of ether oxygens (including phenoxy) is 1. The Morgan fingerprint density at radius 1 is 1.07 bits per heavy atom. The van der Waals surface area contributed by atoms with Crippen molar-refractivity contribution in [2.24, 2.45) is 0 Å². The summed E-state index contributed by atoms with van der Waals surface area (Å²) in [6.07, 6.45) is 1.96. The molecule has 0 aliphatic carbocycles. The van der Waals surface area contributed by atoms with E-state index in [4.69, 9.17) is 4.74 Å². The zero-order valence-corrected chi connectivity index (χ0v) is 16.4. The Labute approximate surface area is 166 Å². The van der Waals surface area contributed by atoms with Crippen LogP contribution < -0.4 is 16.1 Å². The van der Waals surface area contributed by atoms with Crippen molar-refractivity contribution in [2.45, 2.75) is 39.0 Å². The molecule has 0 bridgehead atoms. The first kappa shape index (κ1) is 17.6. The minimum absolute atomic E-state index is 0.0877. The molecule has 2 aliphatic heterocycles. The number of phenolic OH excluding ortho intramolecular Hbond substituents is 1. The lowest BCUT2D eigenvalue weighted by Gasteiger charge is -2.42. The first-order valence-electron chi connectivity index (χ1n) is 9.52. The second-order valence-electron chi connectivity index (χ2n) is 8.06. The second kappa shape index (κ2) is 5.76. The van der Waals surface area contributed by atoms with Crippen molar-refractivity contribution in [3.05, 3.63) is 86.2 Å². The monoisotopic (exact) mass is 391 g/mol. The lowest BCUT2D eigenvalue weighted by atomic mass is 9.83. The van der Waals surface area contributed by atoms with E-state index in [1.807, 2.05) is 39.0 Å². The summed E-state index contributed by atoms with van der Waals surface area (Å²) in [5, 5.41) is 9.90. The molecular formula is C22H21N3O4. The summed E-state index contributed by atoms with van der Waals surface area (Å²) >= 11 is 0. The van der Waals surface area contributed by atoms with E-state index in [9.17, 15) is 14.7 Å². The molecule has 1 atom stereocenters. The van der Waals surface area contributed by atoms with Crippen molar-refractivity contribution in [2.75, 3.05) is 0 Å². The van der Waals surface area contributed by atoms with Gasteiger partial charge < -0.3 is 9.84 Å². The highest BCUT2D eigenvalue weighted by Crippen LogP contribution is 2.46. The van der Waals surface area contributed by atoms with Crippen molar-refractivity contribution in [3.63, 3.8) is 0 Å². The quantitative estimate of drug-likeness (QED) is 0.647. The third kappa shape index (κ3) is 2.43. The standard InChI is InChI=1S/C22H21N3O4/c1-13-4-6-14(7-5-13)24-20(27)23-11-10-17-19(25(23)21(24)28)16-9-8-15(26)12-18(16)29-22(17,2)3/h4-10,12,19,26H,11H2,1-3H3/t19-/m1/s1. The Bertz CT molecular complexity index is 1290. The van der Waals surface area contributed by atoms with E-state index in [1.165, 1.54) is 13.9 Å². The molecule has 29 heavy (non-hydrogen) atoms. The van der Waals surface area contributed by atoms with Crippen molar-refractivity contribution >= 4 is 0 Å². The van der Waals surface area contributed by atoms with E-state index < -0.39 is 17.3 Å². The minimum atomic E-state index is -0.682. The van der Waals surface area contributed by atoms with Gasteiger partial charge in [0, 0.05) is 11.6 Å². The number of allylic oxidation sites excluding steroid dienone is 1. The van der Waals surface area contributed by atoms with Crippen LogP contribution in [0.15, 0.2) is 63.7 Å².